The number of rotatable bonds is 6. The number of hydrogen-bond acceptors (Lipinski definition) is 3. The van der Waals surface area contributed by atoms with Crippen LogP contribution in [0.4, 0.5) is 0 Å². The van der Waals surface area contributed by atoms with Crippen LogP contribution < -0.4 is 0 Å². The Morgan fingerprint density at radius 2 is 2.38 bits per heavy atom. The van der Waals surface area contributed by atoms with Gasteiger partial charge in [-0.1, -0.05) is 6.08 Å². The van der Waals surface area contributed by atoms with E-state index in [1.807, 2.05) is 23.2 Å². The molecule has 1 aromatic heterocycles. The molecule has 4 heteroatoms. The summed E-state index contributed by atoms with van der Waals surface area (Å²) in [6.07, 6.45) is 8.93. The molecule has 0 saturated heterocycles. The summed E-state index contributed by atoms with van der Waals surface area (Å²) in [6, 6.07) is 0. The summed E-state index contributed by atoms with van der Waals surface area (Å²) < 4.78 is 6.67. The van der Waals surface area contributed by atoms with E-state index in [4.69, 9.17) is 4.74 Å². The normalized spacial score (nSPS) is 10.9. The Labute approximate surface area is 95.9 Å². The predicted octanol–water partition coefficient (Wildman–Crippen LogP) is 1.95. The molecule has 0 aliphatic rings. The lowest BCUT2D eigenvalue weighted by molar-refractivity contribution is -0.137. The maximum atomic E-state index is 11.0. The highest BCUT2D eigenvalue weighted by atomic mass is 16.5. The van der Waals surface area contributed by atoms with Crippen LogP contribution in [-0.4, -0.2) is 22.4 Å². The van der Waals surface area contributed by atoms with Crippen molar-refractivity contribution in [2.24, 2.45) is 0 Å². The third kappa shape index (κ3) is 4.29. The number of carbonyl (C=O) groups is 1. The monoisotopic (exact) mass is 222 g/mol. The summed E-state index contributed by atoms with van der Waals surface area (Å²) in [5.74, 6) is -0.272. The Morgan fingerprint density at radius 3 is 3.00 bits per heavy atom. The fourth-order valence-electron chi connectivity index (χ4n) is 1.33. The first-order chi connectivity index (χ1) is 7.76. The van der Waals surface area contributed by atoms with Crippen molar-refractivity contribution < 1.29 is 9.53 Å². The molecule has 0 spiro atoms. The molecule has 1 rings (SSSR count). The Balaban J connectivity index is 2.27. The summed E-state index contributed by atoms with van der Waals surface area (Å²) in [7, 11) is 0. The number of aryl methyl sites for hydroxylation is 2. The van der Waals surface area contributed by atoms with Gasteiger partial charge >= 0.3 is 5.97 Å². The zero-order chi connectivity index (χ0) is 11.8. The van der Waals surface area contributed by atoms with Crippen LogP contribution in [0, 0.1) is 0 Å². The summed E-state index contributed by atoms with van der Waals surface area (Å²) in [6.45, 7) is 5.16. The second-order valence-corrected chi connectivity index (χ2v) is 3.40. The molecule has 0 atom stereocenters. The molecule has 0 N–H and O–H groups in total. The molecule has 0 bridgehead atoms. The van der Waals surface area contributed by atoms with Gasteiger partial charge in [0.05, 0.1) is 12.8 Å². The van der Waals surface area contributed by atoms with Crippen molar-refractivity contribution in [3.05, 3.63) is 30.1 Å². The quantitative estimate of drug-likeness (QED) is 0.546. The third-order valence-corrected chi connectivity index (χ3v) is 2.15. The molecule has 0 unspecified atom stereocenters. The fourth-order valence-corrected chi connectivity index (χ4v) is 1.33. The molecule has 0 amide bonds. The Bertz CT molecular complexity index is 356. The first-order valence-electron chi connectivity index (χ1n) is 5.60. The van der Waals surface area contributed by atoms with Gasteiger partial charge in [-0.15, -0.1) is 0 Å². The molecule has 88 valence electrons. The van der Waals surface area contributed by atoms with E-state index in [9.17, 15) is 4.79 Å². The smallest absolute Gasteiger partial charge is 0.330 e. The van der Waals surface area contributed by atoms with Crippen molar-refractivity contribution >= 4 is 5.97 Å². The minimum absolute atomic E-state index is 0.272. The third-order valence-electron chi connectivity index (χ3n) is 2.15. The van der Waals surface area contributed by atoms with Gasteiger partial charge in [0.25, 0.3) is 0 Å². The molecule has 0 radical (unpaired) electrons. The van der Waals surface area contributed by atoms with Crippen molar-refractivity contribution in [3.8, 4) is 0 Å². The van der Waals surface area contributed by atoms with Gasteiger partial charge < -0.3 is 4.74 Å². The first kappa shape index (κ1) is 12.5. The molecule has 0 aliphatic heterocycles. The molecule has 0 fully saturated rings. The van der Waals surface area contributed by atoms with Crippen LogP contribution in [0.3, 0.4) is 0 Å². The van der Waals surface area contributed by atoms with Crippen molar-refractivity contribution in [2.75, 3.05) is 6.61 Å². The Hall–Kier alpha value is -1.58. The van der Waals surface area contributed by atoms with Gasteiger partial charge in [0.1, 0.15) is 0 Å². The molecule has 1 heterocycles. The molecular formula is C12H18N2O2. The standard InChI is InChI=1S/C12H18N2O2/c1-3-14-10-11(9-13-14)7-5-6-8-12(15)16-4-2/h6,8-10H,3-5,7H2,1-2H3/b8-6+. The summed E-state index contributed by atoms with van der Waals surface area (Å²) >= 11 is 0. The maximum absolute atomic E-state index is 11.0. The topological polar surface area (TPSA) is 44.1 Å². The minimum atomic E-state index is -0.272. The van der Waals surface area contributed by atoms with Crippen LogP contribution in [0.25, 0.3) is 0 Å². The molecule has 1 aromatic rings. The number of aromatic nitrogens is 2. The van der Waals surface area contributed by atoms with Crippen molar-refractivity contribution in [2.45, 2.75) is 33.2 Å². The van der Waals surface area contributed by atoms with Crippen LogP contribution >= 0.6 is 0 Å². The van der Waals surface area contributed by atoms with E-state index < -0.39 is 0 Å². The second kappa shape index (κ2) is 6.82. The largest absolute Gasteiger partial charge is 0.463 e. The van der Waals surface area contributed by atoms with Crippen LogP contribution in [0.5, 0.6) is 0 Å². The van der Waals surface area contributed by atoms with Gasteiger partial charge in [-0.2, -0.15) is 5.10 Å². The van der Waals surface area contributed by atoms with Gasteiger partial charge in [-0.05, 0) is 32.3 Å². The second-order valence-electron chi connectivity index (χ2n) is 3.40. The zero-order valence-corrected chi connectivity index (χ0v) is 9.85. The predicted molar refractivity (Wildman–Crippen MR) is 62.0 cm³/mol. The molecular weight excluding hydrogens is 204 g/mol. The first-order valence-corrected chi connectivity index (χ1v) is 5.60. The van der Waals surface area contributed by atoms with Crippen LogP contribution in [0.15, 0.2) is 24.5 Å². The fraction of sp³-hybridized carbons (Fsp3) is 0.500. The van der Waals surface area contributed by atoms with E-state index in [0.717, 1.165) is 19.4 Å². The maximum Gasteiger partial charge on any atom is 0.330 e. The zero-order valence-electron chi connectivity index (χ0n) is 9.85. The summed E-state index contributed by atoms with van der Waals surface area (Å²) in [5.41, 5.74) is 1.19. The number of esters is 1. The minimum Gasteiger partial charge on any atom is -0.463 e. The average Bonchev–Trinajstić information content (AvgIpc) is 2.73. The number of nitrogens with zero attached hydrogens (tertiary/aromatic N) is 2. The van der Waals surface area contributed by atoms with Crippen molar-refractivity contribution in [1.29, 1.82) is 0 Å². The molecule has 0 saturated carbocycles. The highest BCUT2D eigenvalue weighted by Crippen LogP contribution is 2.02. The van der Waals surface area contributed by atoms with Gasteiger partial charge in [0.15, 0.2) is 0 Å². The van der Waals surface area contributed by atoms with Crippen LogP contribution in [0.1, 0.15) is 25.8 Å². The average molecular weight is 222 g/mol. The van der Waals surface area contributed by atoms with Crippen LogP contribution in [0.2, 0.25) is 0 Å². The van der Waals surface area contributed by atoms with E-state index in [1.54, 1.807) is 6.92 Å². The number of allylic oxidation sites excluding steroid dienone is 1. The summed E-state index contributed by atoms with van der Waals surface area (Å²) in [5, 5.41) is 4.18. The lowest BCUT2D eigenvalue weighted by Crippen LogP contribution is -1.98. The Morgan fingerprint density at radius 1 is 1.56 bits per heavy atom. The lowest BCUT2D eigenvalue weighted by Gasteiger charge is -1.94. The van der Waals surface area contributed by atoms with Gasteiger partial charge in [0.2, 0.25) is 0 Å². The van der Waals surface area contributed by atoms with Gasteiger partial charge in [-0.25, -0.2) is 4.79 Å². The van der Waals surface area contributed by atoms with Crippen LogP contribution in [-0.2, 0) is 22.5 Å². The summed E-state index contributed by atoms with van der Waals surface area (Å²) in [4.78, 5) is 11.0. The highest BCUT2D eigenvalue weighted by molar-refractivity contribution is 5.81. The lowest BCUT2D eigenvalue weighted by atomic mass is 10.2. The van der Waals surface area contributed by atoms with E-state index in [1.165, 1.54) is 11.6 Å². The van der Waals surface area contributed by atoms with Gasteiger partial charge in [-0.3, -0.25) is 4.68 Å². The van der Waals surface area contributed by atoms with E-state index in [-0.39, 0.29) is 5.97 Å². The molecule has 0 aliphatic carbocycles. The highest BCUT2D eigenvalue weighted by Gasteiger charge is 1.96. The van der Waals surface area contributed by atoms with E-state index in [2.05, 4.69) is 12.0 Å². The van der Waals surface area contributed by atoms with Gasteiger partial charge in [0, 0.05) is 18.8 Å². The van der Waals surface area contributed by atoms with E-state index >= 15 is 0 Å². The molecule has 0 aromatic carbocycles. The Kier molecular flexibility index (Phi) is 5.32. The number of ether oxygens (including phenoxy) is 1. The molecule has 16 heavy (non-hydrogen) atoms. The van der Waals surface area contributed by atoms with E-state index in [0.29, 0.717) is 6.61 Å². The number of hydrogen-bond donors (Lipinski definition) is 0. The van der Waals surface area contributed by atoms with Crippen molar-refractivity contribution in [1.82, 2.24) is 9.78 Å². The van der Waals surface area contributed by atoms with Crippen molar-refractivity contribution in [3.63, 3.8) is 0 Å². The molecule has 4 nitrogen and oxygen atoms in total. The SMILES string of the molecule is CCOC(=O)/C=C/CCc1cnn(CC)c1. The number of carbonyl (C=O) groups excluding carboxylic acids is 1.